The fourth-order valence-corrected chi connectivity index (χ4v) is 5.60. The van der Waals surface area contributed by atoms with E-state index in [1.807, 2.05) is 6.92 Å². The zero-order valence-electron chi connectivity index (χ0n) is 21.6. The molecule has 0 aliphatic rings. The maximum Gasteiger partial charge on any atom is 0.316 e. The lowest BCUT2D eigenvalue weighted by Gasteiger charge is -2.30. The smallest absolute Gasteiger partial charge is 0.316 e. The van der Waals surface area contributed by atoms with Gasteiger partial charge in [-0.3, -0.25) is 0 Å². The Bertz CT molecular complexity index is 1590. The van der Waals surface area contributed by atoms with Gasteiger partial charge in [0.15, 0.2) is 5.82 Å². The molecular formula is C26H23F3N7O3S2-. The predicted molar refractivity (Wildman–Crippen MR) is 152 cm³/mol. The number of rotatable bonds is 10. The Morgan fingerprint density at radius 2 is 1.76 bits per heavy atom. The largest absolute Gasteiger partial charge is 0.746 e. The van der Waals surface area contributed by atoms with Crippen molar-refractivity contribution >= 4 is 45.0 Å². The Morgan fingerprint density at radius 1 is 1.10 bits per heavy atom. The van der Waals surface area contributed by atoms with Crippen LogP contribution in [0.2, 0.25) is 0 Å². The van der Waals surface area contributed by atoms with Crippen molar-refractivity contribution in [3.05, 3.63) is 101 Å². The number of halogens is 3. The van der Waals surface area contributed by atoms with Gasteiger partial charge >= 0.3 is 6.01 Å². The van der Waals surface area contributed by atoms with E-state index in [1.54, 1.807) is 19.3 Å². The second-order valence-electron chi connectivity index (χ2n) is 8.23. The minimum Gasteiger partial charge on any atom is -0.746 e. The van der Waals surface area contributed by atoms with Crippen molar-refractivity contribution < 1.29 is 22.1 Å². The van der Waals surface area contributed by atoms with Crippen molar-refractivity contribution in [3.63, 3.8) is 0 Å². The van der Waals surface area contributed by atoms with E-state index in [2.05, 4.69) is 19.9 Å². The van der Waals surface area contributed by atoms with E-state index in [1.165, 1.54) is 36.2 Å². The molecule has 10 nitrogen and oxygen atoms in total. The summed E-state index contributed by atoms with van der Waals surface area (Å²) < 4.78 is 61.9. The number of aromatic nitrogens is 4. The summed E-state index contributed by atoms with van der Waals surface area (Å²) in [6.07, 6.45) is 4.55. The van der Waals surface area contributed by atoms with Gasteiger partial charge in [0, 0.05) is 35.0 Å². The van der Waals surface area contributed by atoms with Crippen LogP contribution in [0.5, 0.6) is 6.01 Å². The molecule has 0 fully saturated rings. The van der Waals surface area contributed by atoms with Gasteiger partial charge in [0.1, 0.15) is 27.5 Å². The molecule has 0 saturated heterocycles. The standard InChI is InChI=1S/C26H23F3N7O3S2/c1-3-39-26-33-12-15(13-34-26)14(2)40-23(19-10-11-32-25(31)35-19)22(30)16-6-4-9-20(21(16)29)36(37)41(38)24-17(27)7-5-8-18(24)28/h4-14H,3,30H2,1-2H3,(H2,31,32,35)/q-1/b23-22-. The molecule has 0 bridgehead atoms. The molecule has 2 aromatic heterocycles. The fourth-order valence-electron chi connectivity index (χ4n) is 3.56. The summed E-state index contributed by atoms with van der Waals surface area (Å²) in [5.41, 5.74) is 12.1. The highest BCUT2D eigenvalue weighted by Gasteiger charge is 2.23. The van der Waals surface area contributed by atoms with E-state index >= 15 is 4.39 Å². The van der Waals surface area contributed by atoms with Gasteiger partial charge in [-0.25, -0.2) is 37.3 Å². The molecule has 0 aliphatic carbocycles. The third-order valence-electron chi connectivity index (χ3n) is 5.55. The van der Waals surface area contributed by atoms with E-state index in [-0.39, 0.29) is 43.5 Å². The molecule has 214 valence electrons. The minimum absolute atomic E-state index is 0.0623. The number of hydrogen-bond acceptors (Lipinski definition) is 10. The van der Waals surface area contributed by atoms with Crippen LogP contribution in [0.15, 0.2) is 66.0 Å². The second-order valence-corrected chi connectivity index (χ2v) is 10.8. The van der Waals surface area contributed by atoms with Gasteiger partial charge < -0.3 is 25.9 Å². The van der Waals surface area contributed by atoms with Crippen LogP contribution in [0.25, 0.3) is 10.6 Å². The molecule has 2 atom stereocenters. The summed E-state index contributed by atoms with van der Waals surface area (Å²) in [7, 11) is -2.96. The molecule has 41 heavy (non-hydrogen) atoms. The first-order valence-corrected chi connectivity index (χ1v) is 13.9. The highest BCUT2D eigenvalue weighted by Crippen LogP contribution is 2.42. The van der Waals surface area contributed by atoms with E-state index < -0.39 is 39.0 Å². The van der Waals surface area contributed by atoms with Gasteiger partial charge in [0.25, 0.3) is 0 Å². The van der Waals surface area contributed by atoms with Crippen LogP contribution in [0, 0.1) is 22.7 Å². The number of nitrogens with two attached hydrogens (primary N) is 2. The van der Waals surface area contributed by atoms with Crippen molar-refractivity contribution in [2.45, 2.75) is 24.0 Å². The Labute approximate surface area is 239 Å². The Hall–Kier alpha value is -4.21. The molecular weight excluding hydrogens is 579 g/mol. The third kappa shape index (κ3) is 6.58. The Morgan fingerprint density at radius 3 is 2.39 bits per heavy atom. The van der Waals surface area contributed by atoms with Gasteiger partial charge in [-0.2, -0.15) is 0 Å². The molecule has 2 aromatic carbocycles. The first-order valence-electron chi connectivity index (χ1n) is 11.9. The van der Waals surface area contributed by atoms with Crippen molar-refractivity contribution in [1.82, 2.24) is 19.9 Å². The Balaban J connectivity index is 1.76. The molecule has 4 N–H and O–H groups in total. The highest BCUT2D eigenvalue weighted by atomic mass is 32.2. The first kappa shape index (κ1) is 29.8. The highest BCUT2D eigenvalue weighted by molar-refractivity contribution is 8.08. The average Bonchev–Trinajstić information content (AvgIpc) is 2.95. The average molecular weight is 603 g/mol. The molecule has 2 heterocycles. The molecule has 4 rings (SSSR count). The molecule has 0 amide bonds. The third-order valence-corrected chi connectivity index (χ3v) is 8.07. The van der Waals surface area contributed by atoms with Crippen molar-refractivity contribution in [2.75, 3.05) is 16.8 Å². The summed E-state index contributed by atoms with van der Waals surface area (Å²) in [6, 6.07) is 8.06. The van der Waals surface area contributed by atoms with Crippen LogP contribution in [0.3, 0.4) is 0 Å². The molecule has 0 aliphatic heterocycles. The summed E-state index contributed by atoms with van der Waals surface area (Å²) in [4.78, 5) is 15.7. The van der Waals surface area contributed by atoms with Crippen molar-refractivity contribution in [2.24, 2.45) is 5.73 Å². The zero-order chi connectivity index (χ0) is 29.7. The Kier molecular flexibility index (Phi) is 9.42. The number of thioether (sulfide) groups is 1. The molecule has 4 aromatic rings. The second kappa shape index (κ2) is 13.0. The number of benzene rings is 2. The number of anilines is 2. The van der Waals surface area contributed by atoms with Gasteiger partial charge in [-0.1, -0.05) is 12.1 Å². The van der Waals surface area contributed by atoms with Crippen LogP contribution < -0.4 is 20.7 Å². The van der Waals surface area contributed by atoms with Crippen LogP contribution in [-0.2, 0) is 11.0 Å². The van der Waals surface area contributed by atoms with Gasteiger partial charge in [0.2, 0.25) is 5.95 Å². The monoisotopic (exact) mass is 602 g/mol. The van der Waals surface area contributed by atoms with Crippen LogP contribution >= 0.6 is 11.8 Å². The lowest BCUT2D eigenvalue weighted by Crippen LogP contribution is -2.22. The van der Waals surface area contributed by atoms with Crippen molar-refractivity contribution in [3.8, 4) is 6.01 Å². The molecule has 0 saturated carbocycles. The lowest BCUT2D eigenvalue weighted by atomic mass is 10.1. The molecule has 15 heteroatoms. The van der Waals surface area contributed by atoms with Gasteiger partial charge in [0.05, 0.1) is 28.6 Å². The van der Waals surface area contributed by atoms with Crippen LogP contribution in [0.1, 0.15) is 35.9 Å². The van der Waals surface area contributed by atoms with E-state index in [4.69, 9.17) is 16.2 Å². The number of ether oxygens (including phenoxy) is 1. The number of nitrogen functional groups attached to an aromatic ring is 1. The molecule has 2 unspecified atom stereocenters. The van der Waals surface area contributed by atoms with Gasteiger partial charge in [-0.05, 0) is 44.2 Å². The van der Waals surface area contributed by atoms with Crippen LogP contribution in [0.4, 0.5) is 24.8 Å². The van der Waals surface area contributed by atoms with Gasteiger partial charge in [-0.15, -0.1) is 11.8 Å². The zero-order valence-corrected chi connectivity index (χ0v) is 23.3. The van der Waals surface area contributed by atoms with Crippen LogP contribution in [-0.4, -0.2) is 30.8 Å². The van der Waals surface area contributed by atoms with E-state index in [9.17, 15) is 18.2 Å². The minimum atomic E-state index is -2.96. The number of nitrogens with zero attached hydrogens (tertiary/aromatic N) is 5. The number of hydrogen-bond donors (Lipinski definition) is 2. The maximum atomic E-state index is 15.8. The summed E-state index contributed by atoms with van der Waals surface area (Å²) >= 11 is 1.18. The maximum absolute atomic E-state index is 15.8. The topological polar surface area (TPSA) is 156 Å². The predicted octanol–water partition coefficient (Wildman–Crippen LogP) is 4.97. The lowest BCUT2D eigenvalue weighted by molar-refractivity contribution is 0.312. The van der Waals surface area contributed by atoms with Crippen molar-refractivity contribution in [1.29, 1.82) is 0 Å². The molecule has 0 spiro atoms. The van der Waals surface area contributed by atoms with E-state index in [0.717, 1.165) is 24.3 Å². The van der Waals surface area contributed by atoms with E-state index in [0.29, 0.717) is 12.2 Å². The quantitative estimate of drug-likeness (QED) is 0.238. The summed E-state index contributed by atoms with van der Waals surface area (Å²) in [5, 5.41) is 12.5. The first-order chi connectivity index (χ1) is 19.6. The summed E-state index contributed by atoms with van der Waals surface area (Å²) in [5.74, 6) is -3.66. The fraction of sp³-hybridized carbons (Fsp3) is 0.154. The summed E-state index contributed by atoms with van der Waals surface area (Å²) in [6.45, 7) is 4.04. The molecule has 0 radical (unpaired) electrons. The normalized spacial score (nSPS) is 13.3. The SMILES string of the molecule is CCOc1ncc(C(C)S/C(=C(\N)c2cccc(N([O-])S(=O)c3c(F)cccc3F)c2F)c2ccnc(N)n2)cn1.